The number of hydrogen-bond donors (Lipinski definition) is 1. The second-order valence-electron chi connectivity index (χ2n) is 6.84. The van der Waals surface area contributed by atoms with E-state index >= 15 is 0 Å². The molecule has 7 nitrogen and oxygen atoms in total. The van der Waals surface area contributed by atoms with Crippen LogP contribution in [0.3, 0.4) is 0 Å². The highest BCUT2D eigenvalue weighted by molar-refractivity contribution is 7.89. The van der Waals surface area contributed by atoms with E-state index in [2.05, 4.69) is 15.0 Å². The first-order valence-electron chi connectivity index (χ1n) is 10.0. The van der Waals surface area contributed by atoms with E-state index in [1.54, 1.807) is 16.8 Å². The van der Waals surface area contributed by atoms with Gasteiger partial charge in [-0.25, -0.2) is 9.51 Å². The molecule has 4 aromatic rings. The quantitative estimate of drug-likeness (QED) is 0.324. The Morgan fingerprint density at radius 1 is 0.969 bits per heavy atom. The van der Waals surface area contributed by atoms with E-state index < -0.39 is 10.0 Å². The fraction of sp³-hybridized carbons (Fsp3) is 0.0833. The fourth-order valence-electron chi connectivity index (χ4n) is 3.11. The SMILES string of the molecule is CCOc1ccc(S(=O)(=O)NN=Cc2cn(-c3ccccc3)nc2-c2ccccc2)cc1. The highest BCUT2D eigenvalue weighted by Gasteiger charge is 2.14. The molecule has 0 aliphatic carbocycles. The second kappa shape index (κ2) is 9.49. The Kier molecular flexibility index (Phi) is 6.32. The first-order valence-corrected chi connectivity index (χ1v) is 11.5. The van der Waals surface area contributed by atoms with Crippen molar-refractivity contribution < 1.29 is 13.2 Å². The van der Waals surface area contributed by atoms with Crippen LogP contribution < -0.4 is 9.57 Å². The zero-order valence-corrected chi connectivity index (χ0v) is 18.2. The molecule has 0 unspecified atom stereocenters. The van der Waals surface area contributed by atoms with Crippen LogP contribution in [-0.2, 0) is 10.0 Å². The first-order chi connectivity index (χ1) is 15.6. The molecule has 0 atom stereocenters. The number of hydrazone groups is 1. The Hall–Kier alpha value is -3.91. The van der Waals surface area contributed by atoms with E-state index in [1.807, 2.05) is 73.8 Å². The monoisotopic (exact) mass is 446 g/mol. The summed E-state index contributed by atoms with van der Waals surface area (Å²) in [4.78, 5) is 2.37. The molecule has 1 heterocycles. The van der Waals surface area contributed by atoms with Gasteiger partial charge in [-0.3, -0.25) is 0 Å². The zero-order chi connectivity index (χ0) is 22.4. The molecule has 0 aliphatic rings. The average molecular weight is 447 g/mol. The number of para-hydroxylation sites is 1. The summed E-state index contributed by atoms with van der Waals surface area (Å²) in [5.74, 6) is 0.607. The van der Waals surface area contributed by atoms with E-state index in [9.17, 15) is 8.42 Å². The van der Waals surface area contributed by atoms with Crippen LogP contribution in [0.1, 0.15) is 12.5 Å². The van der Waals surface area contributed by atoms with Crippen LogP contribution in [0.4, 0.5) is 0 Å². The van der Waals surface area contributed by atoms with Crippen LogP contribution in [0.5, 0.6) is 5.75 Å². The molecular weight excluding hydrogens is 424 g/mol. The number of aromatic nitrogens is 2. The largest absolute Gasteiger partial charge is 0.494 e. The summed E-state index contributed by atoms with van der Waals surface area (Å²) in [6.07, 6.45) is 3.27. The van der Waals surface area contributed by atoms with Crippen LogP contribution in [0.15, 0.2) is 101 Å². The van der Waals surface area contributed by atoms with Gasteiger partial charge in [0.15, 0.2) is 0 Å². The fourth-order valence-corrected chi connectivity index (χ4v) is 3.91. The Labute approximate surface area is 187 Å². The third kappa shape index (κ3) is 4.87. The minimum absolute atomic E-state index is 0.0985. The van der Waals surface area contributed by atoms with Gasteiger partial charge in [-0.2, -0.15) is 18.6 Å². The van der Waals surface area contributed by atoms with Gasteiger partial charge in [0.25, 0.3) is 10.0 Å². The zero-order valence-electron chi connectivity index (χ0n) is 17.4. The number of rotatable bonds is 8. The highest BCUT2D eigenvalue weighted by Crippen LogP contribution is 2.22. The molecule has 0 amide bonds. The van der Waals surface area contributed by atoms with Crippen molar-refractivity contribution in [3.8, 4) is 22.7 Å². The summed E-state index contributed by atoms with van der Waals surface area (Å²) in [6.45, 7) is 2.37. The molecule has 0 aliphatic heterocycles. The Morgan fingerprint density at radius 2 is 1.62 bits per heavy atom. The summed E-state index contributed by atoms with van der Waals surface area (Å²) in [5.41, 5.74) is 3.16. The maximum absolute atomic E-state index is 12.6. The topological polar surface area (TPSA) is 85.6 Å². The smallest absolute Gasteiger partial charge is 0.276 e. The average Bonchev–Trinajstić information content (AvgIpc) is 3.25. The standard InChI is InChI=1S/C24H22N4O3S/c1-2-31-22-13-15-23(16-14-22)32(29,30)27-25-17-20-18-28(21-11-7-4-8-12-21)26-24(20)19-9-5-3-6-10-19/h3-18,27H,2H2,1H3. The van der Waals surface area contributed by atoms with Crippen molar-refractivity contribution in [1.82, 2.24) is 14.6 Å². The Bertz CT molecular complexity index is 1300. The third-order valence-electron chi connectivity index (χ3n) is 4.63. The summed E-state index contributed by atoms with van der Waals surface area (Å²) in [6, 6.07) is 25.5. The predicted molar refractivity (Wildman–Crippen MR) is 125 cm³/mol. The lowest BCUT2D eigenvalue weighted by Gasteiger charge is -2.05. The molecule has 0 spiro atoms. The van der Waals surface area contributed by atoms with Crippen LogP contribution in [0, 0.1) is 0 Å². The van der Waals surface area contributed by atoms with Gasteiger partial charge in [0.1, 0.15) is 11.4 Å². The molecule has 0 saturated heterocycles. The lowest BCUT2D eigenvalue weighted by Crippen LogP contribution is -2.18. The number of hydrogen-bond acceptors (Lipinski definition) is 5. The van der Waals surface area contributed by atoms with Crippen LogP contribution in [-0.4, -0.2) is 31.0 Å². The lowest BCUT2D eigenvalue weighted by molar-refractivity contribution is 0.340. The van der Waals surface area contributed by atoms with E-state index in [0.29, 0.717) is 23.6 Å². The van der Waals surface area contributed by atoms with Crippen molar-refractivity contribution in [1.29, 1.82) is 0 Å². The molecular formula is C24H22N4O3S. The van der Waals surface area contributed by atoms with Crippen molar-refractivity contribution in [3.63, 3.8) is 0 Å². The number of benzene rings is 3. The summed E-state index contributed by atoms with van der Waals surface area (Å²) >= 11 is 0. The molecule has 4 rings (SSSR count). The maximum Gasteiger partial charge on any atom is 0.276 e. The number of ether oxygens (including phenoxy) is 1. The van der Waals surface area contributed by atoms with Crippen LogP contribution in [0.25, 0.3) is 16.9 Å². The first kappa shape index (κ1) is 21.3. The molecule has 162 valence electrons. The molecule has 3 aromatic carbocycles. The van der Waals surface area contributed by atoms with Gasteiger partial charge in [-0.1, -0.05) is 48.5 Å². The summed E-state index contributed by atoms with van der Waals surface area (Å²) in [5, 5.41) is 8.68. The molecule has 32 heavy (non-hydrogen) atoms. The highest BCUT2D eigenvalue weighted by atomic mass is 32.2. The molecule has 0 radical (unpaired) electrons. The normalized spacial score (nSPS) is 11.5. The predicted octanol–water partition coefficient (Wildman–Crippen LogP) is 4.25. The lowest BCUT2D eigenvalue weighted by atomic mass is 10.1. The molecule has 1 N–H and O–H groups in total. The van der Waals surface area contributed by atoms with Crippen molar-refractivity contribution in [2.24, 2.45) is 5.10 Å². The maximum atomic E-state index is 12.6. The van der Waals surface area contributed by atoms with Gasteiger partial charge in [0.2, 0.25) is 0 Å². The number of sulfonamides is 1. The van der Waals surface area contributed by atoms with E-state index in [0.717, 1.165) is 11.3 Å². The van der Waals surface area contributed by atoms with Gasteiger partial charge < -0.3 is 4.74 Å². The molecule has 1 aromatic heterocycles. The molecule has 8 heteroatoms. The number of nitrogens with zero attached hydrogens (tertiary/aromatic N) is 3. The van der Waals surface area contributed by atoms with Gasteiger partial charge in [0, 0.05) is 17.3 Å². The minimum Gasteiger partial charge on any atom is -0.494 e. The number of nitrogens with one attached hydrogen (secondary N) is 1. The van der Waals surface area contributed by atoms with Crippen molar-refractivity contribution in [2.45, 2.75) is 11.8 Å². The van der Waals surface area contributed by atoms with Crippen LogP contribution >= 0.6 is 0 Å². The minimum atomic E-state index is -3.82. The van der Waals surface area contributed by atoms with Gasteiger partial charge in [-0.05, 0) is 43.3 Å². The van der Waals surface area contributed by atoms with E-state index in [4.69, 9.17) is 4.74 Å². The van der Waals surface area contributed by atoms with Crippen molar-refractivity contribution >= 4 is 16.2 Å². The molecule has 0 saturated carbocycles. The summed E-state index contributed by atoms with van der Waals surface area (Å²) < 4.78 is 32.3. The van der Waals surface area contributed by atoms with Gasteiger partial charge >= 0.3 is 0 Å². The molecule has 0 bridgehead atoms. The van der Waals surface area contributed by atoms with Gasteiger partial charge in [0.05, 0.1) is 23.4 Å². The van der Waals surface area contributed by atoms with Crippen molar-refractivity contribution in [3.05, 3.63) is 96.7 Å². The Morgan fingerprint density at radius 3 is 2.28 bits per heavy atom. The van der Waals surface area contributed by atoms with E-state index in [-0.39, 0.29) is 4.90 Å². The second-order valence-corrected chi connectivity index (χ2v) is 8.50. The van der Waals surface area contributed by atoms with Gasteiger partial charge in [-0.15, -0.1) is 0 Å². The van der Waals surface area contributed by atoms with Crippen LogP contribution in [0.2, 0.25) is 0 Å². The Balaban J connectivity index is 1.60. The third-order valence-corrected chi connectivity index (χ3v) is 5.87. The van der Waals surface area contributed by atoms with Crippen molar-refractivity contribution in [2.75, 3.05) is 6.61 Å². The molecule has 0 fully saturated rings. The van der Waals surface area contributed by atoms with E-state index in [1.165, 1.54) is 18.3 Å². The summed E-state index contributed by atoms with van der Waals surface area (Å²) in [7, 11) is -3.82.